The molecular formula is C26H33N3O7. The number of phenols is 1. The number of amides is 2. The third kappa shape index (κ3) is 5.87. The number of hydrogen-bond acceptors (Lipinski definition) is 6. The van der Waals surface area contributed by atoms with Crippen LogP contribution in [0.1, 0.15) is 59.1 Å². The molecule has 1 fully saturated rings. The Bertz CT molecular complexity index is 1130. The number of carbonyl (C=O) groups excluding carboxylic acids is 1. The molecule has 2 aromatic rings. The lowest BCUT2D eigenvalue weighted by Crippen LogP contribution is -2.42. The van der Waals surface area contributed by atoms with E-state index in [4.69, 9.17) is 4.74 Å². The maximum absolute atomic E-state index is 13.2. The van der Waals surface area contributed by atoms with Crippen LogP contribution in [0.25, 0.3) is 0 Å². The fourth-order valence-electron chi connectivity index (χ4n) is 4.26. The summed E-state index contributed by atoms with van der Waals surface area (Å²) in [6.45, 7) is 11.7. The van der Waals surface area contributed by atoms with Gasteiger partial charge in [-0.05, 0) is 35.1 Å². The summed E-state index contributed by atoms with van der Waals surface area (Å²) in [6.07, 6.45) is -1.74. The molecule has 2 amide bonds. The van der Waals surface area contributed by atoms with Gasteiger partial charge in [0.1, 0.15) is 23.6 Å². The lowest BCUT2D eigenvalue weighted by molar-refractivity contribution is -0.384. The van der Waals surface area contributed by atoms with Crippen molar-refractivity contribution in [1.82, 2.24) is 4.90 Å². The van der Waals surface area contributed by atoms with Crippen molar-refractivity contribution in [2.24, 2.45) is 0 Å². The first kappa shape index (κ1) is 26.8. The Morgan fingerprint density at radius 2 is 1.58 bits per heavy atom. The summed E-state index contributed by atoms with van der Waals surface area (Å²) in [6, 6.07) is 7.92. The number of carboxylic acid groups (broad SMARTS) is 1. The zero-order chi connectivity index (χ0) is 27.0. The number of hydrogen-bond donors (Lipinski definition) is 3. The van der Waals surface area contributed by atoms with E-state index in [1.807, 2.05) is 41.5 Å². The van der Waals surface area contributed by atoms with Crippen LogP contribution in [0.5, 0.6) is 11.5 Å². The molecule has 10 heteroatoms. The Hall–Kier alpha value is -3.82. The zero-order valence-corrected chi connectivity index (χ0v) is 21.4. The summed E-state index contributed by atoms with van der Waals surface area (Å²) >= 11 is 0. The van der Waals surface area contributed by atoms with E-state index >= 15 is 0 Å². The molecule has 1 aliphatic rings. The van der Waals surface area contributed by atoms with Gasteiger partial charge in [0.15, 0.2) is 0 Å². The Morgan fingerprint density at radius 1 is 1.06 bits per heavy atom. The normalized spacial score (nSPS) is 18.1. The van der Waals surface area contributed by atoms with E-state index in [0.29, 0.717) is 22.6 Å². The lowest BCUT2D eigenvalue weighted by Gasteiger charge is -2.28. The summed E-state index contributed by atoms with van der Waals surface area (Å²) in [7, 11) is 0. The first-order valence-corrected chi connectivity index (χ1v) is 11.7. The van der Waals surface area contributed by atoms with Gasteiger partial charge in [-0.15, -0.1) is 0 Å². The fourth-order valence-corrected chi connectivity index (χ4v) is 4.26. The van der Waals surface area contributed by atoms with Crippen LogP contribution in [0, 0.1) is 10.1 Å². The Morgan fingerprint density at radius 3 is 2.03 bits per heavy atom. The first-order chi connectivity index (χ1) is 16.6. The van der Waals surface area contributed by atoms with Gasteiger partial charge in [0.25, 0.3) is 5.69 Å². The minimum atomic E-state index is -1.25. The highest BCUT2D eigenvalue weighted by atomic mass is 16.6. The number of aromatic hydroxyl groups is 1. The van der Waals surface area contributed by atoms with Crippen LogP contribution in [0.2, 0.25) is 0 Å². The molecule has 3 rings (SSSR count). The molecule has 0 aromatic heterocycles. The fraction of sp³-hybridized carbons (Fsp3) is 0.462. The van der Waals surface area contributed by atoms with Gasteiger partial charge in [-0.25, -0.2) is 4.79 Å². The van der Waals surface area contributed by atoms with Crippen molar-refractivity contribution in [1.29, 1.82) is 0 Å². The van der Waals surface area contributed by atoms with Gasteiger partial charge >= 0.3 is 6.09 Å². The van der Waals surface area contributed by atoms with E-state index in [1.54, 1.807) is 12.1 Å². The molecule has 1 saturated heterocycles. The molecule has 36 heavy (non-hydrogen) atoms. The van der Waals surface area contributed by atoms with Crippen molar-refractivity contribution < 1.29 is 29.5 Å². The maximum Gasteiger partial charge on any atom is 0.408 e. The minimum Gasteiger partial charge on any atom is -0.507 e. The molecule has 0 saturated carbocycles. The van der Waals surface area contributed by atoms with Crippen molar-refractivity contribution in [2.45, 2.75) is 70.9 Å². The molecule has 2 aromatic carbocycles. The standard InChI is InChI=1S/C26H33N3O7/c1-25(2,3)19-11-15(12-20(22(19)30)26(4,5)6)27-23(31)21-13-18(14-28(21)24(32)33)36-17-9-7-16(8-10-17)29(34)35/h7-12,18,21,30H,13-14H2,1-6H3,(H,27,31)(H,32,33). The number of carbonyl (C=O) groups is 2. The van der Waals surface area contributed by atoms with Crippen LogP contribution >= 0.6 is 0 Å². The number of non-ortho nitro benzene ring substituents is 1. The Balaban J connectivity index is 1.83. The van der Waals surface area contributed by atoms with Gasteiger partial charge in [0, 0.05) is 35.4 Å². The second-order valence-corrected chi connectivity index (χ2v) is 11.1. The van der Waals surface area contributed by atoms with E-state index in [9.17, 15) is 29.9 Å². The summed E-state index contributed by atoms with van der Waals surface area (Å²) in [5, 5.41) is 34.3. The minimum absolute atomic E-state index is 0.0273. The molecule has 0 spiro atoms. The molecule has 1 aliphatic heterocycles. The van der Waals surface area contributed by atoms with Crippen molar-refractivity contribution in [3.05, 3.63) is 57.6 Å². The number of nitro groups is 1. The van der Waals surface area contributed by atoms with Gasteiger partial charge in [-0.1, -0.05) is 41.5 Å². The maximum atomic E-state index is 13.2. The number of phenolic OH excluding ortho intramolecular Hbond substituents is 1. The van der Waals surface area contributed by atoms with E-state index in [2.05, 4.69) is 5.32 Å². The van der Waals surface area contributed by atoms with E-state index in [1.165, 1.54) is 24.3 Å². The number of nitro benzene ring substituents is 1. The third-order valence-corrected chi connectivity index (χ3v) is 6.15. The van der Waals surface area contributed by atoms with Crippen molar-refractivity contribution >= 4 is 23.4 Å². The number of benzene rings is 2. The Labute approximate surface area is 210 Å². The largest absolute Gasteiger partial charge is 0.507 e. The highest BCUT2D eigenvalue weighted by Gasteiger charge is 2.41. The number of nitrogens with zero attached hydrogens (tertiary/aromatic N) is 2. The summed E-state index contributed by atoms with van der Waals surface area (Å²) in [4.78, 5) is 36.5. The quantitative estimate of drug-likeness (QED) is 0.297. The van der Waals surface area contributed by atoms with Crippen LogP contribution in [0.3, 0.4) is 0 Å². The highest BCUT2D eigenvalue weighted by molar-refractivity contribution is 5.97. The van der Waals surface area contributed by atoms with Crippen molar-refractivity contribution in [3.8, 4) is 11.5 Å². The smallest absolute Gasteiger partial charge is 0.408 e. The summed E-state index contributed by atoms with van der Waals surface area (Å²) in [5.41, 5.74) is 0.940. The molecule has 1 heterocycles. The molecular weight excluding hydrogens is 466 g/mol. The highest BCUT2D eigenvalue weighted by Crippen LogP contribution is 2.41. The van der Waals surface area contributed by atoms with Crippen LogP contribution in [-0.2, 0) is 15.6 Å². The number of anilines is 1. The number of rotatable bonds is 5. The molecule has 0 aliphatic carbocycles. The van der Waals surface area contributed by atoms with Crippen molar-refractivity contribution in [3.63, 3.8) is 0 Å². The van der Waals surface area contributed by atoms with E-state index in [0.717, 1.165) is 4.90 Å². The number of likely N-dealkylation sites (tertiary alicyclic amines) is 1. The van der Waals surface area contributed by atoms with E-state index in [-0.39, 0.29) is 24.4 Å². The second kappa shape index (κ2) is 9.67. The number of nitrogens with one attached hydrogen (secondary N) is 1. The van der Waals surface area contributed by atoms with E-state index < -0.39 is 39.9 Å². The predicted molar refractivity (Wildman–Crippen MR) is 135 cm³/mol. The van der Waals surface area contributed by atoms with Gasteiger partial charge in [0.05, 0.1) is 11.5 Å². The second-order valence-electron chi connectivity index (χ2n) is 11.1. The van der Waals surface area contributed by atoms with Gasteiger partial charge in [0.2, 0.25) is 5.91 Å². The van der Waals surface area contributed by atoms with Gasteiger partial charge < -0.3 is 20.3 Å². The molecule has 2 unspecified atom stereocenters. The van der Waals surface area contributed by atoms with Crippen LogP contribution in [0.15, 0.2) is 36.4 Å². The third-order valence-electron chi connectivity index (χ3n) is 6.15. The van der Waals surface area contributed by atoms with Crippen LogP contribution < -0.4 is 10.1 Å². The lowest BCUT2D eigenvalue weighted by atomic mass is 9.79. The SMILES string of the molecule is CC(C)(C)c1cc(NC(=O)C2CC(Oc3ccc([N+](=O)[O-])cc3)CN2C(=O)O)cc(C(C)(C)C)c1O. The molecule has 0 bridgehead atoms. The predicted octanol–water partition coefficient (Wildman–Crippen LogP) is 5.03. The molecule has 194 valence electrons. The Kier molecular flexibility index (Phi) is 7.20. The zero-order valence-electron chi connectivity index (χ0n) is 21.4. The molecule has 3 N–H and O–H groups in total. The average Bonchev–Trinajstić information content (AvgIpc) is 3.18. The van der Waals surface area contributed by atoms with Crippen LogP contribution in [0.4, 0.5) is 16.2 Å². The average molecular weight is 500 g/mol. The summed E-state index contributed by atoms with van der Waals surface area (Å²) < 4.78 is 5.82. The molecule has 0 radical (unpaired) electrons. The van der Waals surface area contributed by atoms with Crippen molar-refractivity contribution in [2.75, 3.05) is 11.9 Å². The van der Waals surface area contributed by atoms with Gasteiger partial charge in [-0.3, -0.25) is 19.8 Å². The van der Waals surface area contributed by atoms with Gasteiger partial charge in [-0.2, -0.15) is 0 Å². The topological polar surface area (TPSA) is 142 Å². The van der Waals surface area contributed by atoms with Crippen LogP contribution in [-0.4, -0.2) is 50.7 Å². The summed E-state index contributed by atoms with van der Waals surface area (Å²) in [5.74, 6) is 0.0235. The molecule has 10 nitrogen and oxygen atoms in total. The first-order valence-electron chi connectivity index (χ1n) is 11.7. The number of ether oxygens (including phenoxy) is 1. The monoisotopic (exact) mass is 499 g/mol. The molecule has 2 atom stereocenters.